The van der Waals surface area contributed by atoms with E-state index in [0.717, 1.165) is 16.7 Å². The third-order valence-electron chi connectivity index (χ3n) is 4.51. The predicted octanol–water partition coefficient (Wildman–Crippen LogP) is 2.78. The second kappa shape index (κ2) is 5.94. The molecule has 0 aromatic heterocycles. The van der Waals surface area contributed by atoms with Gasteiger partial charge in [0.15, 0.2) is 0 Å². The molecule has 1 atom stereocenters. The van der Waals surface area contributed by atoms with Gasteiger partial charge in [-0.25, -0.2) is 8.42 Å². The molecule has 0 bridgehead atoms. The van der Waals surface area contributed by atoms with E-state index >= 15 is 0 Å². The highest BCUT2D eigenvalue weighted by atomic mass is 32.2. The van der Waals surface area contributed by atoms with Gasteiger partial charge in [0, 0.05) is 7.05 Å². The Kier molecular flexibility index (Phi) is 4.05. The number of hydrogen-bond acceptors (Lipinski definition) is 4. The largest absolute Gasteiger partial charge is 0.361 e. The van der Waals surface area contributed by atoms with Crippen LogP contribution in [0.5, 0.6) is 0 Å². The first kappa shape index (κ1) is 17.1. The van der Waals surface area contributed by atoms with E-state index in [9.17, 15) is 8.42 Å². The fourth-order valence-corrected chi connectivity index (χ4v) is 4.57. The van der Waals surface area contributed by atoms with Gasteiger partial charge in [0.25, 0.3) is 0 Å². The van der Waals surface area contributed by atoms with Gasteiger partial charge in [-0.15, -0.1) is 0 Å². The lowest BCUT2D eigenvalue weighted by Gasteiger charge is -2.41. The summed E-state index contributed by atoms with van der Waals surface area (Å²) < 4.78 is 26.0. The first-order valence-electron chi connectivity index (χ1n) is 7.80. The summed E-state index contributed by atoms with van der Waals surface area (Å²) in [5, 5.41) is 12.3. The van der Waals surface area contributed by atoms with Gasteiger partial charge < -0.3 is 5.32 Å². The molecule has 5 nitrogen and oxygen atoms in total. The Bertz CT molecular complexity index is 992. The van der Waals surface area contributed by atoms with Crippen LogP contribution in [0.25, 0.3) is 11.1 Å². The Hall–Kier alpha value is -2.78. The van der Waals surface area contributed by atoms with E-state index in [1.807, 2.05) is 49.4 Å². The van der Waals surface area contributed by atoms with Crippen molar-refractivity contribution in [2.75, 3.05) is 12.8 Å². The normalized spacial score (nSPS) is 22.1. The van der Waals surface area contributed by atoms with Crippen LogP contribution in [0, 0.1) is 11.3 Å². The molecule has 0 saturated carbocycles. The highest BCUT2D eigenvalue weighted by Gasteiger charge is 2.40. The van der Waals surface area contributed by atoms with Crippen LogP contribution in [0.1, 0.15) is 18.1 Å². The Morgan fingerprint density at radius 1 is 1.20 bits per heavy atom. The number of sulfonamides is 1. The Balaban J connectivity index is 2.04. The van der Waals surface area contributed by atoms with Crippen molar-refractivity contribution < 1.29 is 8.42 Å². The lowest BCUT2D eigenvalue weighted by atomic mass is 9.90. The molecule has 2 aromatic carbocycles. The average molecular weight is 353 g/mol. The monoisotopic (exact) mass is 353 g/mol. The maximum absolute atomic E-state index is 12.4. The Morgan fingerprint density at radius 2 is 1.84 bits per heavy atom. The minimum Gasteiger partial charge on any atom is -0.361 e. The Labute approximate surface area is 148 Å². The number of hydrogen-bond donors (Lipinski definition) is 1. The van der Waals surface area contributed by atoms with E-state index in [1.165, 1.54) is 11.4 Å². The van der Waals surface area contributed by atoms with Gasteiger partial charge in [0.05, 0.1) is 22.9 Å². The molecule has 25 heavy (non-hydrogen) atoms. The summed E-state index contributed by atoms with van der Waals surface area (Å²) in [5.41, 5.74) is 2.51. The summed E-state index contributed by atoms with van der Waals surface area (Å²) in [7, 11) is -1.93. The zero-order valence-corrected chi connectivity index (χ0v) is 15.0. The SMILES string of the molecule is C=C1N[C@](C)(c2cccc(-c3cccc(C#N)c3)c2)CS(=O)(=O)N1C. The van der Waals surface area contributed by atoms with Crippen LogP contribution in [0.4, 0.5) is 0 Å². The van der Waals surface area contributed by atoms with E-state index in [1.54, 1.807) is 6.07 Å². The van der Waals surface area contributed by atoms with Gasteiger partial charge in [-0.3, -0.25) is 4.31 Å². The molecule has 1 saturated heterocycles. The summed E-state index contributed by atoms with van der Waals surface area (Å²) in [5.74, 6) is 0.294. The third-order valence-corrected chi connectivity index (χ3v) is 6.51. The van der Waals surface area contributed by atoms with Crippen LogP contribution >= 0.6 is 0 Å². The lowest BCUT2D eigenvalue weighted by molar-refractivity contribution is 0.357. The van der Waals surface area contributed by atoms with Gasteiger partial charge in [-0.05, 0) is 41.8 Å². The molecule has 0 radical (unpaired) electrons. The van der Waals surface area contributed by atoms with Crippen molar-refractivity contribution >= 4 is 10.0 Å². The summed E-state index contributed by atoms with van der Waals surface area (Å²) in [6.07, 6.45) is 0. The van der Waals surface area contributed by atoms with Crippen LogP contribution in [0.15, 0.2) is 60.9 Å². The van der Waals surface area contributed by atoms with Gasteiger partial charge in [-0.1, -0.05) is 36.9 Å². The predicted molar refractivity (Wildman–Crippen MR) is 97.8 cm³/mol. The van der Waals surface area contributed by atoms with Crippen molar-refractivity contribution in [3.8, 4) is 17.2 Å². The van der Waals surface area contributed by atoms with Crippen LogP contribution in [0.2, 0.25) is 0 Å². The third kappa shape index (κ3) is 3.11. The van der Waals surface area contributed by atoms with Crippen LogP contribution in [-0.4, -0.2) is 25.5 Å². The second-order valence-corrected chi connectivity index (χ2v) is 8.40. The van der Waals surface area contributed by atoms with Crippen molar-refractivity contribution in [2.24, 2.45) is 0 Å². The molecule has 6 heteroatoms. The molecule has 0 spiro atoms. The van der Waals surface area contributed by atoms with E-state index in [4.69, 9.17) is 5.26 Å². The minimum absolute atomic E-state index is 0.0583. The molecule has 1 aliphatic rings. The maximum Gasteiger partial charge on any atom is 0.238 e. The minimum atomic E-state index is -3.43. The average Bonchev–Trinajstić information content (AvgIpc) is 2.59. The summed E-state index contributed by atoms with van der Waals surface area (Å²) in [6, 6.07) is 17.2. The zero-order valence-electron chi connectivity index (χ0n) is 14.2. The van der Waals surface area contributed by atoms with Crippen molar-refractivity contribution in [2.45, 2.75) is 12.5 Å². The summed E-state index contributed by atoms with van der Waals surface area (Å²) in [4.78, 5) is 0. The topological polar surface area (TPSA) is 73.2 Å². The zero-order chi connectivity index (χ0) is 18.2. The number of benzene rings is 2. The highest BCUT2D eigenvalue weighted by molar-refractivity contribution is 7.89. The smallest absolute Gasteiger partial charge is 0.238 e. The molecule has 1 heterocycles. The van der Waals surface area contributed by atoms with Gasteiger partial charge in [0.1, 0.15) is 5.82 Å². The molecular weight excluding hydrogens is 334 g/mol. The van der Waals surface area contributed by atoms with E-state index in [2.05, 4.69) is 18.0 Å². The van der Waals surface area contributed by atoms with Crippen molar-refractivity contribution in [1.82, 2.24) is 9.62 Å². The van der Waals surface area contributed by atoms with E-state index < -0.39 is 15.6 Å². The standard InChI is InChI=1S/C19H19N3O2S/c1-14-21-19(2,13-25(23,24)22(14)3)18-9-5-8-17(11-18)16-7-4-6-15(10-16)12-20/h4-11,21H,1,13H2,2-3H3/t19-/m0/s1. The van der Waals surface area contributed by atoms with Crippen molar-refractivity contribution in [3.63, 3.8) is 0 Å². The van der Waals surface area contributed by atoms with Crippen molar-refractivity contribution in [1.29, 1.82) is 5.26 Å². The molecule has 1 N–H and O–H groups in total. The molecule has 2 aromatic rings. The maximum atomic E-state index is 12.4. The summed E-state index contributed by atoms with van der Waals surface area (Å²) >= 11 is 0. The van der Waals surface area contributed by atoms with Crippen molar-refractivity contribution in [3.05, 3.63) is 72.1 Å². The van der Waals surface area contributed by atoms with Crippen LogP contribution < -0.4 is 5.32 Å². The molecule has 0 aliphatic carbocycles. The molecule has 0 amide bonds. The number of nitrogens with zero attached hydrogens (tertiary/aromatic N) is 2. The van der Waals surface area contributed by atoms with Gasteiger partial charge >= 0.3 is 0 Å². The lowest BCUT2D eigenvalue weighted by Crippen LogP contribution is -2.55. The molecule has 128 valence electrons. The quantitative estimate of drug-likeness (QED) is 0.901. The number of nitrogens with one attached hydrogen (secondary N) is 1. The second-order valence-electron chi connectivity index (χ2n) is 6.40. The molecule has 1 fully saturated rings. The molecule has 3 rings (SSSR count). The molecule has 0 unspecified atom stereocenters. The number of nitriles is 1. The first-order chi connectivity index (χ1) is 11.7. The van der Waals surface area contributed by atoms with Gasteiger partial charge in [0.2, 0.25) is 10.0 Å². The van der Waals surface area contributed by atoms with Gasteiger partial charge in [-0.2, -0.15) is 5.26 Å². The summed E-state index contributed by atoms with van der Waals surface area (Å²) in [6.45, 7) is 5.67. The van der Waals surface area contributed by atoms with Crippen LogP contribution in [0.3, 0.4) is 0 Å². The highest BCUT2D eigenvalue weighted by Crippen LogP contribution is 2.32. The van der Waals surface area contributed by atoms with E-state index in [0.29, 0.717) is 11.4 Å². The fraction of sp³-hybridized carbons (Fsp3) is 0.211. The number of rotatable bonds is 2. The first-order valence-corrected chi connectivity index (χ1v) is 9.41. The van der Waals surface area contributed by atoms with E-state index in [-0.39, 0.29) is 5.75 Å². The Morgan fingerprint density at radius 3 is 2.48 bits per heavy atom. The molecule has 1 aliphatic heterocycles. The van der Waals surface area contributed by atoms with Crippen LogP contribution in [-0.2, 0) is 15.6 Å². The molecular formula is C19H19N3O2S. The fourth-order valence-electron chi connectivity index (χ4n) is 3.03.